The lowest BCUT2D eigenvalue weighted by atomic mass is 10.1. The van der Waals surface area contributed by atoms with Gasteiger partial charge in [0.05, 0.1) is 4.90 Å². The first-order chi connectivity index (χ1) is 9.90. The molecule has 0 heterocycles. The predicted molar refractivity (Wildman–Crippen MR) is 85.8 cm³/mol. The summed E-state index contributed by atoms with van der Waals surface area (Å²) < 4.78 is 27.2. The normalized spacial score (nSPS) is 11.6. The molecule has 1 N–H and O–H groups in total. The van der Waals surface area contributed by atoms with E-state index in [4.69, 9.17) is 0 Å². The number of sulfonamides is 1. The van der Waals surface area contributed by atoms with Crippen LogP contribution >= 0.6 is 0 Å². The minimum Gasteiger partial charge on any atom is -0.207 e. The van der Waals surface area contributed by atoms with Gasteiger partial charge in [0, 0.05) is 6.54 Å². The molecular weight excluding hydrogens is 282 g/mol. The summed E-state index contributed by atoms with van der Waals surface area (Å²) in [6.45, 7) is 6.37. The van der Waals surface area contributed by atoms with E-state index < -0.39 is 10.0 Å². The third kappa shape index (κ3) is 4.16. The van der Waals surface area contributed by atoms with Crippen LogP contribution in [-0.4, -0.2) is 8.42 Å². The van der Waals surface area contributed by atoms with Gasteiger partial charge in [-0.2, -0.15) is 0 Å². The highest BCUT2D eigenvalue weighted by atomic mass is 32.2. The summed E-state index contributed by atoms with van der Waals surface area (Å²) in [4.78, 5) is 0.309. The smallest absolute Gasteiger partial charge is 0.207 e. The Morgan fingerprint density at radius 3 is 2.00 bits per heavy atom. The molecule has 0 aliphatic carbocycles. The van der Waals surface area contributed by atoms with Gasteiger partial charge in [-0.15, -0.1) is 0 Å². The van der Waals surface area contributed by atoms with Crippen LogP contribution in [0.25, 0.3) is 0 Å². The standard InChI is InChI=1S/C17H21NO2S/c1-4-15-5-7-17(8-6-15)21(19,20)18-12-16-10-13(2)9-14(3)11-16/h5-11,18H,4,12H2,1-3H3. The second-order valence-electron chi connectivity index (χ2n) is 5.32. The fourth-order valence-electron chi connectivity index (χ4n) is 2.34. The van der Waals surface area contributed by atoms with Crippen molar-refractivity contribution in [2.75, 3.05) is 0 Å². The van der Waals surface area contributed by atoms with Gasteiger partial charge in [0.1, 0.15) is 0 Å². The van der Waals surface area contributed by atoms with E-state index in [1.54, 1.807) is 12.1 Å². The van der Waals surface area contributed by atoms with E-state index in [1.807, 2.05) is 45.0 Å². The molecule has 3 nitrogen and oxygen atoms in total. The Balaban J connectivity index is 2.13. The second-order valence-corrected chi connectivity index (χ2v) is 7.08. The lowest BCUT2D eigenvalue weighted by molar-refractivity contribution is 0.581. The summed E-state index contributed by atoms with van der Waals surface area (Å²) in [6, 6.07) is 13.1. The van der Waals surface area contributed by atoms with E-state index in [-0.39, 0.29) is 0 Å². The van der Waals surface area contributed by atoms with Gasteiger partial charge in [-0.3, -0.25) is 0 Å². The number of hydrogen-bond acceptors (Lipinski definition) is 2. The van der Waals surface area contributed by atoms with Crippen LogP contribution in [0.4, 0.5) is 0 Å². The molecule has 112 valence electrons. The van der Waals surface area contributed by atoms with E-state index in [9.17, 15) is 8.42 Å². The molecule has 0 atom stereocenters. The maximum atomic E-state index is 12.3. The topological polar surface area (TPSA) is 46.2 Å². The van der Waals surface area contributed by atoms with Crippen molar-refractivity contribution in [2.24, 2.45) is 0 Å². The molecule has 2 aromatic rings. The highest BCUT2D eigenvalue weighted by Crippen LogP contribution is 2.13. The van der Waals surface area contributed by atoms with Gasteiger partial charge in [0.25, 0.3) is 0 Å². The van der Waals surface area contributed by atoms with Crippen molar-refractivity contribution in [2.45, 2.75) is 38.6 Å². The van der Waals surface area contributed by atoms with Gasteiger partial charge in [0.15, 0.2) is 0 Å². The number of rotatable bonds is 5. The Hall–Kier alpha value is -1.65. The molecule has 0 aliphatic heterocycles. The molecular formula is C17H21NO2S. The maximum Gasteiger partial charge on any atom is 0.240 e. The Kier molecular flexibility index (Phi) is 4.80. The Bertz CT molecular complexity index is 699. The number of nitrogens with one attached hydrogen (secondary N) is 1. The van der Waals surface area contributed by atoms with Crippen molar-refractivity contribution in [3.63, 3.8) is 0 Å². The molecule has 0 saturated carbocycles. The number of aryl methyl sites for hydroxylation is 3. The largest absolute Gasteiger partial charge is 0.240 e. The van der Waals surface area contributed by atoms with Crippen molar-refractivity contribution in [1.29, 1.82) is 0 Å². The molecule has 21 heavy (non-hydrogen) atoms. The van der Waals surface area contributed by atoms with Gasteiger partial charge < -0.3 is 0 Å². The zero-order chi connectivity index (χ0) is 15.5. The van der Waals surface area contributed by atoms with Crippen LogP contribution in [0.5, 0.6) is 0 Å². The third-order valence-corrected chi connectivity index (χ3v) is 4.81. The molecule has 2 aromatic carbocycles. The molecule has 0 unspecified atom stereocenters. The molecule has 0 aliphatic rings. The lowest BCUT2D eigenvalue weighted by Gasteiger charge is -2.09. The minimum atomic E-state index is -3.46. The van der Waals surface area contributed by atoms with Gasteiger partial charge >= 0.3 is 0 Å². The van der Waals surface area contributed by atoms with Gasteiger partial charge in [-0.1, -0.05) is 48.4 Å². The molecule has 0 bridgehead atoms. The van der Waals surface area contributed by atoms with Gasteiger partial charge in [0.2, 0.25) is 10.0 Å². The summed E-state index contributed by atoms with van der Waals surface area (Å²) in [6.07, 6.45) is 0.899. The molecule has 0 aromatic heterocycles. The first-order valence-corrected chi connectivity index (χ1v) is 8.55. The first kappa shape index (κ1) is 15.7. The second kappa shape index (κ2) is 6.41. The van der Waals surface area contributed by atoms with Crippen LogP contribution in [-0.2, 0) is 23.0 Å². The summed E-state index contributed by atoms with van der Waals surface area (Å²) in [5.41, 5.74) is 4.37. The van der Waals surface area contributed by atoms with Crippen LogP contribution in [0, 0.1) is 13.8 Å². The molecule has 2 rings (SSSR count). The van der Waals surface area contributed by atoms with E-state index in [0.717, 1.165) is 28.7 Å². The van der Waals surface area contributed by atoms with Crippen LogP contribution in [0.1, 0.15) is 29.2 Å². The Labute approximate surface area is 127 Å². The Morgan fingerprint density at radius 1 is 0.905 bits per heavy atom. The zero-order valence-corrected chi connectivity index (χ0v) is 13.5. The highest BCUT2D eigenvalue weighted by Gasteiger charge is 2.13. The van der Waals surface area contributed by atoms with E-state index >= 15 is 0 Å². The van der Waals surface area contributed by atoms with Crippen LogP contribution in [0.3, 0.4) is 0 Å². The monoisotopic (exact) mass is 303 g/mol. The van der Waals surface area contributed by atoms with Crippen LogP contribution in [0.2, 0.25) is 0 Å². The maximum absolute atomic E-state index is 12.3. The van der Waals surface area contributed by atoms with Crippen molar-refractivity contribution < 1.29 is 8.42 Å². The van der Waals surface area contributed by atoms with Gasteiger partial charge in [-0.25, -0.2) is 13.1 Å². The van der Waals surface area contributed by atoms with Crippen molar-refractivity contribution >= 4 is 10.0 Å². The Morgan fingerprint density at radius 2 is 1.48 bits per heavy atom. The molecule has 0 saturated heterocycles. The molecule has 0 fully saturated rings. The third-order valence-electron chi connectivity index (χ3n) is 3.39. The quantitative estimate of drug-likeness (QED) is 0.921. The molecule has 0 radical (unpaired) electrons. The summed E-state index contributed by atoms with van der Waals surface area (Å²) in [5.74, 6) is 0. The van der Waals surface area contributed by atoms with E-state index in [0.29, 0.717) is 11.4 Å². The van der Waals surface area contributed by atoms with Crippen LogP contribution in [0.15, 0.2) is 47.4 Å². The summed E-state index contributed by atoms with van der Waals surface area (Å²) in [5, 5.41) is 0. The minimum absolute atomic E-state index is 0.306. The average Bonchev–Trinajstić information content (AvgIpc) is 2.44. The van der Waals surface area contributed by atoms with E-state index in [2.05, 4.69) is 10.8 Å². The van der Waals surface area contributed by atoms with E-state index in [1.165, 1.54) is 0 Å². The highest BCUT2D eigenvalue weighted by molar-refractivity contribution is 7.89. The molecule has 0 spiro atoms. The zero-order valence-electron chi connectivity index (χ0n) is 12.7. The SMILES string of the molecule is CCc1ccc(S(=O)(=O)NCc2cc(C)cc(C)c2)cc1. The fraction of sp³-hybridized carbons (Fsp3) is 0.294. The average molecular weight is 303 g/mol. The predicted octanol–water partition coefficient (Wildman–Crippen LogP) is 3.34. The molecule has 4 heteroatoms. The summed E-state index contributed by atoms with van der Waals surface area (Å²) in [7, 11) is -3.46. The van der Waals surface area contributed by atoms with Crippen molar-refractivity contribution in [3.05, 3.63) is 64.7 Å². The fourth-order valence-corrected chi connectivity index (χ4v) is 3.35. The number of benzene rings is 2. The van der Waals surface area contributed by atoms with Crippen LogP contribution < -0.4 is 4.72 Å². The molecule has 0 amide bonds. The lowest BCUT2D eigenvalue weighted by Crippen LogP contribution is -2.23. The van der Waals surface area contributed by atoms with Crippen molar-refractivity contribution in [1.82, 2.24) is 4.72 Å². The first-order valence-electron chi connectivity index (χ1n) is 7.06. The van der Waals surface area contributed by atoms with Crippen molar-refractivity contribution in [3.8, 4) is 0 Å². The number of hydrogen-bond donors (Lipinski definition) is 1. The summed E-state index contributed by atoms with van der Waals surface area (Å²) >= 11 is 0. The van der Waals surface area contributed by atoms with Gasteiger partial charge in [-0.05, 0) is 43.5 Å².